The lowest BCUT2D eigenvalue weighted by molar-refractivity contribution is -0.683. The minimum Gasteiger partial charge on any atom is -0.494 e. The number of benzene rings is 2. The monoisotopic (exact) mass is 387 g/mol. The lowest BCUT2D eigenvalue weighted by Gasteiger charge is -2.07. The molecule has 1 heterocycles. The van der Waals surface area contributed by atoms with E-state index in [4.69, 9.17) is 4.74 Å². The molecule has 27 heavy (non-hydrogen) atoms. The summed E-state index contributed by atoms with van der Waals surface area (Å²) in [5, 5.41) is 14.7. The average Bonchev–Trinajstić information content (AvgIpc) is 2.97. The molecule has 0 aliphatic heterocycles. The van der Waals surface area contributed by atoms with Crippen LogP contribution in [0, 0.1) is 10.1 Å². The van der Waals surface area contributed by atoms with Crippen LogP contribution >= 0.6 is 11.8 Å². The van der Waals surface area contributed by atoms with Crippen molar-refractivity contribution in [3.05, 3.63) is 52.6 Å². The molecule has 0 atom stereocenters. The van der Waals surface area contributed by atoms with Crippen molar-refractivity contribution in [2.75, 3.05) is 17.7 Å². The SMILES string of the molecule is CCOc1ccc(NC(=O)CSc2[nH]c3ccccc3[n+]2C)c([N+](=O)[O-])c1. The van der Waals surface area contributed by atoms with E-state index in [1.807, 2.05) is 35.9 Å². The van der Waals surface area contributed by atoms with Crippen molar-refractivity contribution >= 4 is 40.1 Å². The molecule has 2 N–H and O–H groups in total. The zero-order chi connectivity index (χ0) is 19.4. The molecule has 1 amide bonds. The molecule has 0 saturated heterocycles. The molecule has 0 bridgehead atoms. The fraction of sp³-hybridized carbons (Fsp3) is 0.222. The molecule has 3 aromatic rings. The molecule has 0 unspecified atom stereocenters. The smallest absolute Gasteiger partial charge is 0.317 e. The predicted molar refractivity (Wildman–Crippen MR) is 103 cm³/mol. The first kappa shape index (κ1) is 18.7. The van der Waals surface area contributed by atoms with E-state index in [9.17, 15) is 14.9 Å². The number of para-hydroxylation sites is 2. The number of anilines is 1. The second-order valence-electron chi connectivity index (χ2n) is 5.71. The van der Waals surface area contributed by atoms with E-state index in [1.54, 1.807) is 13.0 Å². The fourth-order valence-electron chi connectivity index (χ4n) is 2.66. The van der Waals surface area contributed by atoms with Gasteiger partial charge in [-0.3, -0.25) is 14.9 Å². The summed E-state index contributed by atoms with van der Waals surface area (Å²) in [5.41, 5.74) is 1.96. The molecular formula is C18H19N4O4S+. The molecule has 0 aliphatic carbocycles. The number of fused-ring (bicyclic) bond motifs is 1. The van der Waals surface area contributed by atoms with E-state index in [-0.39, 0.29) is 23.0 Å². The number of nitro groups is 1. The van der Waals surface area contributed by atoms with Crippen LogP contribution in [0.2, 0.25) is 0 Å². The first-order valence-corrected chi connectivity index (χ1v) is 9.28. The molecule has 140 valence electrons. The maximum Gasteiger partial charge on any atom is 0.317 e. The Morgan fingerprint density at radius 3 is 2.81 bits per heavy atom. The molecule has 1 aromatic heterocycles. The highest BCUT2D eigenvalue weighted by Crippen LogP contribution is 2.29. The molecule has 0 radical (unpaired) electrons. The van der Waals surface area contributed by atoms with E-state index in [1.165, 1.54) is 23.9 Å². The number of thioether (sulfide) groups is 1. The van der Waals surface area contributed by atoms with Crippen molar-refractivity contribution in [1.82, 2.24) is 4.98 Å². The van der Waals surface area contributed by atoms with Gasteiger partial charge in [0.05, 0.1) is 30.4 Å². The van der Waals surface area contributed by atoms with Gasteiger partial charge >= 0.3 is 5.16 Å². The van der Waals surface area contributed by atoms with Gasteiger partial charge in [0.1, 0.15) is 11.4 Å². The van der Waals surface area contributed by atoms with E-state index in [2.05, 4.69) is 10.3 Å². The summed E-state index contributed by atoms with van der Waals surface area (Å²) in [5.74, 6) is 0.179. The Morgan fingerprint density at radius 1 is 1.33 bits per heavy atom. The zero-order valence-corrected chi connectivity index (χ0v) is 15.7. The van der Waals surface area contributed by atoms with Gasteiger partial charge in [-0.15, -0.1) is 0 Å². The highest BCUT2D eigenvalue weighted by molar-refractivity contribution is 7.99. The lowest BCUT2D eigenvalue weighted by atomic mass is 10.2. The number of rotatable bonds is 7. The Balaban J connectivity index is 1.70. The molecule has 3 rings (SSSR count). The van der Waals surface area contributed by atoms with Gasteiger partial charge in [-0.1, -0.05) is 12.1 Å². The highest BCUT2D eigenvalue weighted by Gasteiger charge is 2.20. The first-order chi connectivity index (χ1) is 13.0. The maximum atomic E-state index is 12.3. The minimum absolute atomic E-state index is 0.116. The largest absolute Gasteiger partial charge is 0.494 e. The van der Waals surface area contributed by atoms with Gasteiger partial charge in [-0.05, 0) is 43.0 Å². The second kappa shape index (κ2) is 8.09. The van der Waals surface area contributed by atoms with Crippen LogP contribution in [-0.2, 0) is 11.8 Å². The lowest BCUT2D eigenvalue weighted by Crippen LogP contribution is -2.29. The summed E-state index contributed by atoms with van der Waals surface area (Å²) in [6.45, 7) is 2.20. The minimum atomic E-state index is -0.539. The van der Waals surface area contributed by atoms with E-state index in [0.717, 1.165) is 16.2 Å². The van der Waals surface area contributed by atoms with Crippen LogP contribution in [0.4, 0.5) is 11.4 Å². The van der Waals surface area contributed by atoms with Gasteiger partial charge in [0.25, 0.3) is 5.69 Å². The number of H-pyrrole nitrogens is 1. The van der Waals surface area contributed by atoms with Gasteiger partial charge in [0.15, 0.2) is 11.0 Å². The standard InChI is InChI=1S/C18H18N4O4S/c1-3-26-12-8-9-14(16(10-12)22(24)25)19-17(23)11-27-18-20-13-6-4-5-7-15(13)21(18)2/h4-10H,3,11H2,1-2H3,(H,19,23)/p+1. The quantitative estimate of drug-likeness (QED) is 0.281. The molecule has 0 spiro atoms. The number of aromatic nitrogens is 2. The summed E-state index contributed by atoms with van der Waals surface area (Å²) in [7, 11) is 1.91. The number of imidazole rings is 1. The van der Waals surface area contributed by atoms with E-state index >= 15 is 0 Å². The normalized spacial score (nSPS) is 10.7. The van der Waals surface area contributed by atoms with Crippen LogP contribution in [0.5, 0.6) is 5.75 Å². The van der Waals surface area contributed by atoms with Crippen LogP contribution in [-0.4, -0.2) is 28.2 Å². The third-order valence-electron chi connectivity index (χ3n) is 3.90. The van der Waals surface area contributed by atoms with Crippen molar-refractivity contribution in [2.45, 2.75) is 12.1 Å². The van der Waals surface area contributed by atoms with Gasteiger partial charge in [0, 0.05) is 0 Å². The number of aromatic amines is 1. The predicted octanol–water partition coefficient (Wildman–Crippen LogP) is 3.03. The van der Waals surface area contributed by atoms with Crippen molar-refractivity contribution in [2.24, 2.45) is 7.05 Å². The molecule has 8 nitrogen and oxygen atoms in total. The van der Waals surface area contributed by atoms with Gasteiger partial charge in [-0.2, -0.15) is 0 Å². The Bertz CT molecular complexity index is 1000. The summed E-state index contributed by atoms with van der Waals surface area (Å²) in [6.07, 6.45) is 0. The summed E-state index contributed by atoms with van der Waals surface area (Å²) in [4.78, 5) is 26.3. The number of ether oxygens (including phenoxy) is 1. The highest BCUT2D eigenvalue weighted by atomic mass is 32.2. The maximum absolute atomic E-state index is 12.3. The summed E-state index contributed by atoms with van der Waals surface area (Å²) in [6, 6.07) is 12.2. The van der Waals surface area contributed by atoms with Crippen LogP contribution < -0.4 is 14.6 Å². The van der Waals surface area contributed by atoms with Crippen molar-refractivity contribution in [1.29, 1.82) is 0 Å². The number of aryl methyl sites for hydroxylation is 1. The van der Waals surface area contributed by atoms with E-state index < -0.39 is 4.92 Å². The third-order valence-corrected chi connectivity index (χ3v) is 4.96. The number of nitro benzene ring substituents is 1. The number of nitrogens with one attached hydrogen (secondary N) is 2. The van der Waals surface area contributed by atoms with Gasteiger partial charge < -0.3 is 10.1 Å². The van der Waals surface area contributed by atoms with Crippen LogP contribution in [0.15, 0.2) is 47.6 Å². The molecule has 0 fully saturated rings. The molecular weight excluding hydrogens is 368 g/mol. The number of amides is 1. The Hall–Kier alpha value is -3.07. The number of nitrogens with zero attached hydrogens (tertiary/aromatic N) is 2. The average molecular weight is 387 g/mol. The van der Waals surface area contributed by atoms with Gasteiger partial charge in [-0.25, -0.2) is 9.55 Å². The Morgan fingerprint density at radius 2 is 2.11 bits per heavy atom. The van der Waals surface area contributed by atoms with Crippen molar-refractivity contribution in [3.63, 3.8) is 0 Å². The molecule has 0 aliphatic rings. The Labute approximate surface area is 159 Å². The number of hydrogen-bond acceptors (Lipinski definition) is 5. The van der Waals surface area contributed by atoms with Gasteiger partial charge in [0.2, 0.25) is 5.91 Å². The van der Waals surface area contributed by atoms with E-state index in [0.29, 0.717) is 12.4 Å². The molecule has 2 aromatic carbocycles. The van der Waals surface area contributed by atoms with Crippen LogP contribution in [0.25, 0.3) is 11.0 Å². The van der Waals surface area contributed by atoms with Crippen LogP contribution in [0.3, 0.4) is 0 Å². The Kier molecular flexibility index (Phi) is 5.60. The summed E-state index contributed by atoms with van der Waals surface area (Å²) >= 11 is 1.33. The number of carbonyl (C=O) groups excluding carboxylic acids is 1. The van der Waals surface area contributed by atoms with Crippen molar-refractivity contribution < 1.29 is 19.0 Å². The third kappa shape index (κ3) is 4.20. The zero-order valence-electron chi connectivity index (χ0n) is 14.9. The topological polar surface area (TPSA) is 101 Å². The first-order valence-electron chi connectivity index (χ1n) is 8.30. The van der Waals surface area contributed by atoms with Crippen LogP contribution in [0.1, 0.15) is 6.92 Å². The summed E-state index contributed by atoms with van der Waals surface area (Å²) < 4.78 is 7.24. The number of carbonyl (C=O) groups is 1. The van der Waals surface area contributed by atoms with Crippen molar-refractivity contribution in [3.8, 4) is 5.75 Å². The second-order valence-corrected chi connectivity index (χ2v) is 6.68. The molecule has 0 saturated carbocycles. The molecule has 9 heteroatoms. The number of hydrogen-bond donors (Lipinski definition) is 2. The fourth-order valence-corrected chi connectivity index (χ4v) is 3.47.